The Kier molecular flexibility index (Phi) is 6.17. The van der Waals surface area contributed by atoms with E-state index in [1.807, 2.05) is 42.5 Å². The van der Waals surface area contributed by atoms with Gasteiger partial charge in [-0.1, -0.05) is 61.6 Å². The number of nitrogens with one attached hydrogen (secondary N) is 1. The number of hydrogen-bond donors (Lipinski definition) is 2. The summed E-state index contributed by atoms with van der Waals surface area (Å²) in [6.07, 6.45) is 12.5. The minimum Gasteiger partial charge on any atom is -0.451 e. The molecule has 196 valence electrons. The number of ether oxygens (including phenoxy) is 1. The number of carbonyl (C=O) groups excluding carboxylic acids is 2. The van der Waals surface area contributed by atoms with Gasteiger partial charge in [0.25, 0.3) is 5.91 Å². The topological polar surface area (TPSA) is 88.8 Å². The van der Waals surface area contributed by atoms with Crippen LogP contribution in [0.3, 0.4) is 0 Å². The van der Waals surface area contributed by atoms with Gasteiger partial charge in [-0.25, -0.2) is 0 Å². The molecule has 0 spiro atoms. The SMILES string of the molecule is C#CC1(CC(=O)C2(NC(=O)c3cc4ccc(-c5ccc(C6(O)CCOC6)cc5)cc4o3)CCCCC2)CC1. The average Bonchev–Trinajstić information content (AvgIpc) is 3.35. The smallest absolute Gasteiger partial charge is 0.287 e. The summed E-state index contributed by atoms with van der Waals surface area (Å²) in [6.45, 7) is 0.873. The first-order valence-electron chi connectivity index (χ1n) is 13.6. The molecule has 0 radical (unpaired) electrons. The van der Waals surface area contributed by atoms with Crippen molar-refractivity contribution >= 4 is 22.7 Å². The Labute approximate surface area is 222 Å². The molecule has 2 heterocycles. The standard InChI is InChI=1S/C32H33NO5/c1-2-30(14-15-30)20-28(34)31(12-4-3-5-13-31)33-29(35)27-19-24-7-6-23(18-26(24)38-27)22-8-10-25(11-9-22)32(36)16-17-37-21-32/h1,6-11,18-19,36H,3-5,12-17,20-21H2,(H,33,35). The number of furan rings is 1. The summed E-state index contributed by atoms with van der Waals surface area (Å²) in [5, 5.41) is 14.7. The number of fused-ring (bicyclic) bond motifs is 1. The quantitative estimate of drug-likeness (QED) is 0.408. The second kappa shape index (κ2) is 9.41. The van der Waals surface area contributed by atoms with Gasteiger partial charge in [-0.3, -0.25) is 9.59 Å². The summed E-state index contributed by atoms with van der Waals surface area (Å²) in [5.41, 5.74) is 1.26. The number of Topliss-reactive ketones (excluding diaryl/α,β-unsaturated/α-hetero) is 1. The Morgan fingerprint density at radius 2 is 1.68 bits per heavy atom. The van der Waals surface area contributed by atoms with Crippen molar-refractivity contribution in [3.63, 3.8) is 0 Å². The first-order chi connectivity index (χ1) is 18.3. The highest BCUT2D eigenvalue weighted by atomic mass is 16.5. The monoisotopic (exact) mass is 511 g/mol. The first kappa shape index (κ1) is 24.9. The third kappa shape index (κ3) is 4.55. The predicted octanol–water partition coefficient (Wildman–Crippen LogP) is 5.51. The molecule has 1 saturated heterocycles. The summed E-state index contributed by atoms with van der Waals surface area (Å²) in [6, 6.07) is 15.4. The molecule has 6 heteroatoms. The Bertz CT molecular complexity index is 1410. The Morgan fingerprint density at radius 3 is 2.34 bits per heavy atom. The lowest BCUT2D eigenvalue weighted by Gasteiger charge is -2.37. The molecule has 38 heavy (non-hydrogen) atoms. The van der Waals surface area contributed by atoms with Gasteiger partial charge in [0.05, 0.1) is 12.1 Å². The van der Waals surface area contributed by atoms with E-state index >= 15 is 0 Å². The molecule has 1 unspecified atom stereocenters. The molecule has 1 aromatic heterocycles. The van der Waals surface area contributed by atoms with Crippen LogP contribution in [0.1, 0.15) is 73.9 Å². The predicted molar refractivity (Wildman–Crippen MR) is 144 cm³/mol. The summed E-state index contributed by atoms with van der Waals surface area (Å²) < 4.78 is 11.4. The average molecular weight is 512 g/mol. The van der Waals surface area contributed by atoms with Gasteiger partial charge in [0.1, 0.15) is 11.2 Å². The van der Waals surface area contributed by atoms with Crippen LogP contribution in [0.15, 0.2) is 52.9 Å². The largest absolute Gasteiger partial charge is 0.451 e. The van der Waals surface area contributed by atoms with Gasteiger partial charge in [-0.05, 0) is 54.5 Å². The summed E-state index contributed by atoms with van der Waals surface area (Å²) in [7, 11) is 0. The zero-order chi connectivity index (χ0) is 26.4. The van der Waals surface area contributed by atoms with Crippen molar-refractivity contribution in [2.75, 3.05) is 13.2 Å². The molecule has 1 amide bonds. The number of ketones is 1. The molecule has 3 aromatic rings. The lowest BCUT2D eigenvalue weighted by Crippen LogP contribution is -2.56. The van der Waals surface area contributed by atoms with Gasteiger partial charge in [0.15, 0.2) is 11.5 Å². The third-order valence-electron chi connectivity index (χ3n) is 8.75. The van der Waals surface area contributed by atoms with E-state index in [1.165, 1.54) is 0 Å². The molecule has 2 saturated carbocycles. The van der Waals surface area contributed by atoms with E-state index in [4.69, 9.17) is 15.6 Å². The van der Waals surface area contributed by atoms with Crippen LogP contribution in [0.25, 0.3) is 22.1 Å². The highest BCUT2D eigenvalue weighted by Crippen LogP contribution is 2.49. The Hall–Kier alpha value is -3.40. The number of terminal acetylenes is 1. The zero-order valence-electron chi connectivity index (χ0n) is 21.6. The van der Waals surface area contributed by atoms with E-state index < -0.39 is 11.1 Å². The molecule has 0 bridgehead atoms. The Balaban J connectivity index is 1.21. The van der Waals surface area contributed by atoms with Crippen molar-refractivity contribution in [1.29, 1.82) is 0 Å². The van der Waals surface area contributed by atoms with Crippen LogP contribution in [0.4, 0.5) is 0 Å². The van der Waals surface area contributed by atoms with Crippen LogP contribution in [0, 0.1) is 17.8 Å². The number of amides is 1. The lowest BCUT2D eigenvalue weighted by molar-refractivity contribution is -0.127. The van der Waals surface area contributed by atoms with Crippen LogP contribution < -0.4 is 5.32 Å². The van der Waals surface area contributed by atoms with Crippen LogP contribution in [-0.4, -0.2) is 35.5 Å². The van der Waals surface area contributed by atoms with Gasteiger partial charge < -0.3 is 19.6 Å². The number of carbonyl (C=O) groups is 2. The molecular weight excluding hydrogens is 478 g/mol. The lowest BCUT2D eigenvalue weighted by atomic mass is 9.75. The van der Waals surface area contributed by atoms with Crippen molar-refractivity contribution in [1.82, 2.24) is 5.32 Å². The van der Waals surface area contributed by atoms with Crippen molar-refractivity contribution in [2.24, 2.45) is 5.41 Å². The number of rotatable bonds is 7. The van der Waals surface area contributed by atoms with Crippen LogP contribution >= 0.6 is 0 Å². The van der Waals surface area contributed by atoms with Crippen LogP contribution in [0.2, 0.25) is 0 Å². The third-order valence-corrected chi connectivity index (χ3v) is 8.75. The normalized spacial score (nSPS) is 23.6. The van der Waals surface area contributed by atoms with E-state index in [2.05, 4.69) is 11.2 Å². The van der Waals surface area contributed by atoms with E-state index in [1.54, 1.807) is 6.07 Å². The van der Waals surface area contributed by atoms with Crippen molar-refractivity contribution < 1.29 is 23.8 Å². The van der Waals surface area contributed by atoms with Crippen molar-refractivity contribution in [3.05, 3.63) is 59.9 Å². The van der Waals surface area contributed by atoms with E-state index in [0.29, 0.717) is 44.5 Å². The molecule has 3 fully saturated rings. The molecule has 2 aromatic carbocycles. The first-order valence-corrected chi connectivity index (χ1v) is 13.6. The fourth-order valence-electron chi connectivity index (χ4n) is 5.98. The highest BCUT2D eigenvalue weighted by Gasteiger charge is 2.49. The molecule has 3 aliphatic rings. The molecule has 6 rings (SSSR count). The number of aliphatic hydroxyl groups is 1. The molecule has 6 nitrogen and oxygen atoms in total. The maximum atomic E-state index is 13.4. The fourth-order valence-corrected chi connectivity index (χ4v) is 5.98. The van der Waals surface area contributed by atoms with Crippen molar-refractivity contribution in [3.8, 4) is 23.5 Å². The van der Waals surface area contributed by atoms with Gasteiger partial charge in [-0.15, -0.1) is 6.42 Å². The maximum Gasteiger partial charge on any atom is 0.287 e. The second-order valence-corrected chi connectivity index (χ2v) is 11.4. The van der Waals surface area contributed by atoms with Crippen LogP contribution in [-0.2, 0) is 15.1 Å². The molecule has 1 atom stereocenters. The van der Waals surface area contributed by atoms with Gasteiger partial charge in [0, 0.05) is 30.2 Å². The highest BCUT2D eigenvalue weighted by molar-refractivity contribution is 6.01. The molecule has 2 N–H and O–H groups in total. The van der Waals surface area contributed by atoms with E-state index in [0.717, 1.165) is 54.2 Å². The molecule has 1 aliphatic heterocycles. The molecule has 2 aliphatic carbocycles. The zero-order valence-corrected chi connectivity index (χ0v) is 21.6. The summed E-state index contributed by atoms with van der Waals surface area (Å²) in [5.74, 6) is 2.70. The minimum absolute atomic E-state index is 0.0525. The van der Waals surface area contributed by atoms with Crippen molar-refractivity contribution in [2.45, 2.75) is 68.9 Å². The van der Waals surface area contributed by atoms with Gasteiger partial charge in [0.2, 0.25) is 0 Å². The number of benzene rings is 2. The van der Waals surface area contributed by atoms with E-state index in [-0.39, 0.29) is 22.9 Å². The van der Waals surface area contributed by atoms with E-state index in [9.17, 15) is 14.7 Å². The maximum absolute atomic E-state index is 13.4. The second-order valence-electron chi connectivity index (χ2n) is 11.4. The van der Waals surface area contributed by atoms with Gasteiger partial charge >= 0.3 is 0 Å². The number of hydrogen-bond acceptors (Lipinski definition) is 5. The summed E-state index contributed by atoms with van der Waals surface area (Å²) in [4.78, 5) is 26.8. The Morgan fingerprint density at radius 1 is 0.947 bits per heavy atom. The van der Waals surface area contributed by atoms with Crippen LogP contribution in [0.5, 0.6) is 0 Å². The fraction of sp³-hybridized carbons (Fsp3) is 0.438. The summed E-state index contributed by atoms with van der Waals surface area (Å²) >= 11 is 0. The van der Waals surface area contributed by atoms with Gasteiger partial charge in [-0.2, -0.15) is 0 Å². The molecular formula is C32H33NO5. The minimum atomic E-state index is -0.928.